The van der Waals surface area contributed by atoms with Crippen molar-refractivity contribution < 1.29 is 59.1 Å². The highest BCUT2D eigenvalue weighted by Crippen LogP contribution is 2.21. The fourth-order valence-electron chi connectivity index (χ4n) is 6.48. The van der Waals surface area contributed by atoms with Crippen LogP contribution in [0.2, 0.25) is 0 Å². The second-order valence-corrected chi connectivity index (χ2v) is 14.5. The summed E-state index contributed by atoms with van der Waals surface area (Å²) in [5, 5.41) is 64.4. The summed E-state index contributed by atoms with van der Waals surface area (Å²) in [5.74, 6) is -6.54. The number of aromatic hydroxyl groups is 1. The van der Waals surface area contributed by atoms with Crippen LogP contribution in [0.5, 0.6) is 5.75 Å². The maximum atomic E-state index is 13.9. The number of nitrogens with one attached hydrogen (secondary N) is 6. The zero-order valence-electron chi connectivity index (χ0n) is 31.5. The maximum absolute atomic E-state index is 13.9. The van der Waals surface area contributed by atoms with Gasteiger partial charge in [-0.3, -0.25) is 28.8 Å². The predicted octanol–water partition coefficient (Wildman–Crippen LogP) is -3.01. The van der Waals surface area contributed by atoms with E-state index in [4.69, 9.17) is 0 Å². The average Bonchev–Trinajstić information content (AvgIpc) is 3.84. The molecular weight excluding hydrogens is 722 g/mol. The number of carbonyl (C=O) groups excluding carboxylic acids is 6. The number of aliphatic carboxylic acids is 1. The standard InChI is InChI=1S/C36H55N7O12/c1-18(2)15-24(30(48)40-26(17-44)32(50)42-29(20(4)46)36(54)55)38-31(49)25(16-21-9-11-22(47)12-10-21)39-34(52)28(19(3)45)41-33(51)27-8-6-14-43(27)35(53)23-7-5-13-37-23/h9-12,18-20,23-29,37,44-47H,5-8,13-17H2,1-4H3,(H,38,49)(H,39,52)(H,40,48)(H,41,51)(H,42,50)(H,54,55)/t19-,20-,23+,24+,25+,26+,27+,28+,29+/m1/s1. The third kappa shape index (κ3) is 12.9. The van der Waals surface area contributed by atoms with Crippen LogP contribution in [-0.2, 0) is 40.0 Å². The number of benzene rings is 1. The lowest BCUT2D eigenvalue weighted by Gasteiger charge is -2.30. The first kappa shape index (κ1) is 44.5. The number of rotatable bonds is 19. The Kier molecular flexibility index (Phi) is 16.8. The fourth-order valence-corrected chi connectivity index (χ4v) is 6.48. The van der Waals surface area contributed by atoms with Crippen LogP contribution in [-0.4, -0.2) is 146 Å². The highest BCUT2D eigenvalue weighted by Gasteiger charge is 2.40. The van der Waals surface area contributed by atoms with Gasteiger partial charge in [0.2, 0.25) is 35.4 Å². The lowest BCUT2D eigenvalue weighted by atomic mass is 10.00. The lowest BCUT2D eigenvalue weighted by molar-refractivity contribution is -0.145. The van der Waals surface area contributed by atoms with Crippen LogP contribution in [0.4, 0.5) is 0 Å². The molecule has 3 rings (SSSR count). The largest absolute Gasteiger partial charge is 0.508 e. The predicted molar refractivity (Wildman–Crippen MR) is 195 cm³/mol. The number of phenols is 1. The summed E-state index contributed by atoms with van der Waals surface area (Å²) in [7, 11) is 0. The molecule has 0 spiro atoms. The number of carboxylic acid groups (broad SMARTS) is 1. The molecule has 0 bridgehead atoms. The molecule has 306 valence electrons. The van der Waals surface area contributed by atoms with Gasteiger partial charge in [-0.1, -0.05) is 26.0 Å². The van der Waals surface area contributed by atoms with Crippen molar-refractivity contribution in [2.75, 3.05) is 19.7 Å². The highest BCUT2D eigenvalue weighted by atomic mass is 16.4. The Morgan fingerprint density at radius 2 is 1.35 bits per heavy atom. The van der Waals surface area contributed by atoms with E-state index in [9.17, 15) is 59.1 Å². The van der Waals surface area contributed by atoms with Gasteiger partial charge >= 0.3 is 5.97 Å². The van der Waals surface area contributed by atoms with Gasteiger partial charge in [0.05, 0.1) is 24.9 Å². The molecule has 19 heteroatoms. The molecule has 1 aromatic rings. The second kappa shape index (κ2) is 20.7. The number of phenolic OH excluding ortho intramolecular Hbond substituents is 1. The summed E-state index contributed by atoms with van der Waals surface area (Å²) in [6, 6.07) is -3.27. The summed E-state index contributed by atoms with van der Waals surface area (Å²) in [6.45, 7) is 5.99. The Morgan fingerprint density at radius 1 is 0.764 bits per heavy atom. The van der Waals surface area contributed by atoms with Gasteiger partial charge in [0.1, 0.15) is 36.0 Å². The number of carbonyl (C=O) groups is 7. The molecule has 0 aromatic heterocycles. The normalized spacial score (nSPS) is 20.6. The molecule has 2 heterocycles. The number of hydrogen-bond donors (Lipinski definition) is 11. The molecule has 6 amide bonds. The molecule has 55 heavy (non-hydrogen) atoms. The van der Waals surface area contributed by atoms with Crippen LogP contribution in [0.3, 0.4) is 0 Å². The molecule has 19 nitrogen and oxygen atoms in total. The van der Waals surface area contributed by atoms with Gasteiger partial charge in [0, 0.05) is 13.0 Å². The Balaban J connectivity index is 1.81. The summed E-state index contributed by atoms with van der Waals surface area (Å²) in [4.78, 5) is 93.5. The van der Waals surface area contributed by atoms with Crippen molar-refractivity contribution in [1.29, 1.82) is 0 Å². The molecule has 11 N–H and O–H groups in total. The van der Waals surface area contributed by atoms with E-state index in [-0.39, 0.29) is 30.4 Å². The SMILES string of the molecule is CC(C)C[C@H](NC(=O)[C@H](Cc1ccc(O)cc1)NC(=O)[C@@H](NC(=O)[C@@H]1CCCN1C(=O)[C@@H]1CCCN1)[C@@H](C)O)C(=O)N[C@@H](CO)C(=O)N[C@H](C(=O)O)[C@@H](C)O. The van der Waals surface area contributed by atoms with Crippen molar-refractivity contribution >= 4 is 41.4 Å². The van der Waals surface area contributed by atoms with Crippen molar-refractivity contribution in [2.24, 2.45) is 5.92 Å². The Labute approximate surface area is 319 Å². The summed E-state index contributed by atoms with van der Waals surface area (Å²) >= 11 is 0. The van der Waals surface area contributed by atoms with Crippen LogP contribution in [0.25, 0.3) is 0 Å². The topological polar surface area (TPSA) is 296 Å². The van der Waals surface area contributed by atoms with Gasteiger partial charge in [-0.15, -0.1) is 0 Å². The van der Waals surface area contributed by atoms with Crippen LogP contribution in [0.1, 0.15) is 65.4 Å². The van der Waals surface area contributed by atoms with E-state index in [0.29, 0.717) is 37.9 Å². The van der Waals surface area contributed by atoms with E-state index in [1.54, 1.807) is 13.8 Å². The van der Waals surface area contributed by atoms with Crippen LogP contribution in [0, 0.1) is 5.92 Å². The first-order valence-corrected chi connectivity index (χ1v) is 18.5. The van der Waals surface area contributed by atoms with Crippen molar-refractivity contribution in [2.45, 2.75) is 121 Å². The number of nitrogens with zero attached hydrogens (tertiary/aromatic N) is 1. The number of aliphatic hydroxyl groups is 3. The number of likely N-dealkylation sites (tertiary alicyclic amines) is 1. The minimum Gasteiger partial charge on any atom is -0.508 e. The fraction of sp³-hybridized carbons (Fsp3) is 0.639. The van der Waals surface area contributed by atoms with Gasteiger partial charge in [-0.2, -0.15) is 0 Å². The highest BCUT2D eigenvalue weighted by molar-refractivity contribution is 5.97. The Hall–Kier alpha value is -4.85. The van der Waals surface area contributed by atoms with E-state index in [0.717, 1.165) is 13.3 Å². The van der Waals surface area contributed by atoms with Crippen LogP contribution < -0.4 is 31.9 Å². The molecule has 2 saturated heterocycles. The van der Waals surface area contributed by atoms with Crippen LogP contribution in [0.15, 0.2) is 24.3 Å². The quantitative estimate of drug-likeness (QED) is 0.0668. The minimum atomic E-state index is -1.74. The lowest BCUT2D eigenvalue weighted by Crippen LogP contribution is -2.62. The number of hydrogen-bond acceptors (Lipinski definition) is 12. The molecule has 0 saturated carbocycles. The number of carboxylic acids is 1. The monoisotopic (exact) mass is 777 g/mol. The maximum Gasteiger partial charge on any atom is 0.328 e. The molecule has 9 atom stereocenters. The zero-order valence-corrected chi connectivity index (χ0v) is 31.5. The van der Waals surface area contributed by atoms with Gasteiger partial charge in [-0.25, -0.2) is 4.79 Å². The molecule has 0 unspecified atom stereocenters. The third-order valence-electron chi connectivity index (χ3n) is 9.47. The first-order valence-electron chi connectivity index (χ1n) is 18.5. The average molecular weight is 778 g/mol. The molecule has 2 aliphatic heterocycles. The van der Waals surface area contributed by atoms with Crippen molar-refractivity contribution in [3.63, 3.8) is 0 Å². The van der Waals surface area contributed by atoms with Crippen LogP contribution >= 0.6 is 0 Å². The number of aliphatic hydroxyl groups excluding tert-OH is 3. The van der Waals surface area contributed by atoms with Crippen molar-refractivity contribution in [3.8, 4) is 5.75 Å². The minimum absolute atomic E-state index is 0.0159. The summed E-state index contributed by atoms with van der Waals surface area (Å²) < 4.78 is 0. The molecular formula is C36H55N7O12. The van der Waals surface area contributed by atoms with E-state index in [2.05, 4.69) is 26.6 Å². The molecule has 2 fully saturated rings. The van der Waals surface area contributed by atoms with Crippen molar-refractivity contribution in [3.05, 3.63) is 29.8 Å². The van der Waals surface area contributed by atoms with Crippen molar-refractivity contribution in [1.82, 2.24) is 36.8 Å². The smallest absolute Gasteiger partial charge is 0.328 e. The molecule has 2 aliphatic rings. The summed E-state index contributed by atoms with van der Waals surface area (Å²) in [5.41, 5.74) is 0.476. The van der Waals surface area contributed by atoms with E-state index in [1.165, 1.54) is 36.1 Å². The Bertz CT molecular complexity index is 1520. The first-order chi connectivity index (χ1) is 25.9. The van der Waals surface area contributed by atoms with Gasteiger partial charge in [-0.05, 0) is 76.1 Å². The number of amides is 6. The molecule has 0 aliphatic carbocycles. The molecule has 0 radical (unpaired) electrons. The van der Waals surface area contributed by atoms with E-state index in [1.807, 2.05) is 5.32 Å². The van der Waals surface area contributed by atoms with Gasteiger partial charge < -0.3 is 62.3 Å². The second-order valence-electron chi connectivity index (χ2n) is 14.5. The summed E-state index contributed by atoms with van der Waals surface area (Å²) in [6.07, 6.45) is -0.729. The van der Waals surface area contributed by atoms with Gasteiger partial charge in [0.15, 0.2) is 6.04 Å². The molecule has 1 aromatic carbocycles. The Morgan fingerprint density at radius 3 is 1.89 bits per heavy atom. The van der Waals surface area contributed by atoms with E-state index < -0.39 is 96.6 Å². The van der Waals surface area contributed by atoms with Gasteiger partial charge in [0.25, 0.3) is 0 Å². The zero-order chi connectivity index (χ0) is 41.0. The third-order valence-corrected chi connectivity index (χ3v) is 9.47. The van der Waals surface area contributed by atoms with E-state index >= 15 is 0 Å².